The van der Waals surface area contributed by atoms with Crippen molar-refractivity contribution < 1.29 is 14.6 Å². The van der Waals surface area contributed by atoms with Crippen molar-refractivity contribution >= 4 is 17.6 Å². The number of fused-ring (bicyclic) bond motifs is 1. The summed E-state index contributed by atoms with van der Waals surface area (Å²) in [7, 11) is 0. The molecule has 4 N–H and O–H groups in total. The lowest BCUT2D eigenvalue weighted by Gasteiger charge is -2.29. The maximum Gasteiger partial charge on any atom is 0.303 e. The minimum atomic E-state index is -0.828. The van der Waals surface area contributed by atoms with Crippen LogP contribution < -0.4 is 15.8 Å². The van der Waals surface area contributed by atoms with E-state index in [0.717, 1.165) is 23.2 Å². The summed E-state index contributed by atoms with van der Waals surface area (Å²) in [6, 6.07) is 9.79. The number of halogens is 1. The molecule has 1 aliphatic heterocycles. The number of ether oxygens (including phenoxy) is 1. The summed E-state index contributed by atoms with van der Waals surface area (Å²) in [5.41, 5.74) is 9.35. The Labute approximate surface area is 207 Å². The van der Waals surface area contributed by atoms with Crippen LogP contribution in [0.25, 0.3) is 0 Å². The third-order valence-corrected chi connectivity index (χ3v) is 6.22. The summed E-state index contributed by atoms with van der Waals surface area (Å²) in [5.74, 6) is -0.318. The zero-order chi connectivity index (χ0) is 24.7. The predicted octanol–water partition coefficient (Wildman–Crippen LogP) is 4.66. The molecule has 0 radical (unpaired) electrons. The van der Waals surface area contributed by atoms with Gasteiger partial charge in [-0.15, -0.1) is 0 Å². The first-order valence-electron chi connectivity index (χ1n) is 11.7. The Balaban J connectivity index is 1.81. The number of nitrogens with one attached hydrogen (secondary N) is 1. The van der Waals surface area contributed by atoms with E-state index in [1.54, 1.807) is 12.4 Å². The number of carboxylic acids is 1. The molecule has 34 heavy (non-hydrogen) atoms. The third-order valence-electron chi connectivity index (χ3n) is 5.85. The van der Waals surface area contributed by atoms with E-state index in [1.165, 1.54) is 0 Å². The van der Waals surface area contributed by atoms with E-state index in [4.69, 9.17) is 22.1 Å². The molecule has 7 nitrogen and oxygen atoms in total. The average Bonchev–Trinajstić information content (AvgIpc) is 2.90. The first-order chi connectivity index (χ1) is 16.2. The molecule has 2 heterocycles. The molecule has 0 saturated heterocycles. The van der Waals surface area contributed by atoms with Gasteiger partial charge in [0, 0.05) is 54.9 Å². The molecule has 0 fully saturated rings. The van der Waals surface area contributed by atoms with E-state index < -0.39 is 11.6 Å². The summed E-state index contributed by atoms with van der Waals surface area (Å²) >= 11 is 6.60. The lowest BCUT2D eigenvalue weighted by atomic mass is 9.89. The van der Waals surface area contributed by atoms with Crippen LogP contribution in [0.4, 0.5) is 0 Å². The SMILES string of the molecule is CCN/C=C(\N)CCC(CC(=O)O)c1ccc(Cl)c(CN2Cc3cccnc3OC(C)(C)C2)c1. The Hall–Kier alpha value is -2.77. The number of aliphatic carboxylic acids is 1. The Morgan fingerprint density at radius 3 is 2.94 bits per heavy atom. The molecule has 0 saturated carbocycles. The molecule has 0 amide bonds. The summed E-state index contributed by atoms with van der Waals surface area (Å²) < 4.78 is 6.16. The highest BCUT2D eigenvalue weighted by Crippen LogP contribution is 2.32. The van der Waals surface area contributed by atoms with Crippen LogP contribution in [0.1, 0.15) is 62.6 Å². The van der Waals surface area contributed by atoms with Crippen molar-refractivity contribution in [2.75, 3.05) is 13.1 Å². The van der Waals surface area contributed by atoms with E-state index in [2.05, 4.69) is 29.0 Å². The number of nitrogens with two attached hydrogens (primary N) is 1. The fourth-order valence-corrected chi connectivity index (χ4v) is 4.51. The predicted molar refractivity (Wildman–Crippen MR) is 135 cm³/mol. The van der Waals surface area contributed by atoms with Gasteiger partial charge in [-0.25, -0.2) is 4.98 Å². The van der Waals surface area contributed by atoms with Gasteiger partial charge in [-0.3, -0.25) is 9.69 Å². The van der Waals surface area contributed by atoms with Crippen molar-refractivity contribution in [2.45, 2.75) is 64.6 Å². The topological polar surface area (TPSA) is 101 Å². The Morgan fingerprint density at radius 2 is 2.21 bits per heavy atom. The normalized spacial score (nSPS) is 16.8. The van der Waals surface area contributed by atoms with Gasteiger partial charge in [0.15, 0.2) is 0 Å². The number of hydrogen-bond acceptors (Lipinski definition) is 6. The highest BCUT2D eigenvalue weighted by molar-refractivity contribution is 6.31. The van der Waals surface area contributed by atoms with Gasteiger partial charge in [0.05, 0.1) is 6.42 Å². The van der Waals surface area contributed by atoms with Crippen molar-refractivity contribution in [3.05, 3.63) is 70.1 Å². The molecule has 2 aromatic rings. The molecule has 3 rings (SSSR count). The number of carbonyl (C=O) groups is 1. The van der Waals surface area contributed by atoms with Gasteiger partial charge in [0.1, 0.15) is 5.60 Å². The molecule has 1 aliphatic rings. The second kappa shape index (κ2) is 11.6. The van der Waals surface area contributed by atoms with E-state index in [0.29, 0.717) is 49.1 Å². The monoisotopic (exact) mass is 486 g/mol. The van der Waals surface area contributed by atoms with Gasteiger partial charge < -0.3 is 20.9 Å². The maximum atomic E-state index is 11.6. The molecule has 0 aliphatic carbocycles. The third kappa shape index (κ3) is 7.37. The minimum Gasteiger partial charge on any atom is -0.481 e. The van der Waals surface area contributed by atoms with Crippen LogP contribution in [0.3, 0.4) is 0 Å². The van der Waals surface area contributed by atoms with Gasteiger partial charge in [-0.1, -0.05) is 29.8 Å². The van der Waals surface area contributed by atoms with Crippen molar-refractivity contribution in [3.63, 3.8) is 0 Å². The molecule has 1 atom stereocenters. The van der Waals surface area contributed by atoms with E-state index in [9.17, 15) is 9.90 Å². The molecular weight excluding hydrogens is 452 g/mol. The number of allylic oxidation sites excluding steroid dienone is 1. The van der Waals surface area contributed by atoms with Crippen LogP contribution in [0.15, 0.2) is 48.4 Å². The fourth-order valence-electron chi connectivity index (χ4n) is 4.33. The van der Waals surface area contributed by atoms with Crippen molar-refractivity contribution in [2.24, 2.45) is 5.73 Å². The van der Waals surface area contributed by atoms with Crippen molar-refractivity contribution in [1.29, 1.82) is 0 Å². The Kier molecular flexibility index (Phi) is 8.80. The number of benzene rings is 1. The molecule has 1 unspecified atom stereocenters. The number of aromatic nitrogens is 1. The zero-order valence-electron chi connectivity index (χ0n) is 20.2. The molecule has 8 heteroatoms. The average molecular weight is 487 g/mol. The van der Waals surface area contributed by atoms with Crippen LogP contribution >= 0.6 is 11.6 Å². The summed E-state index contributed by atoms with van der Waals surface area (Å²) in [4.78, 5) is 18.3. The highest BCUT2D eigenvalue weighted by Gasteiger charge is 2.30. The van der Waals surface area contributed by atoms with Gasteiger partial charge in [0.25, 0.3) is 0 Å². The number of rotatable bonds is 10. The largest absolute Gasteiger partial charge is 0.481 e. The van der Waals surface area contributed by atoms with Crippen LogP contribution in [0.2, 0.25) is 5.02 Å². The second-order valence-electron chi connectivity index (χ2n) is 9.44. The Bertz CT molecular complexity index is 1020. The summed E-state index contributed by atoms with van der Waals surface area (Å²) in [6.07, 6.45) is 4.84. The fraction of sp³-hybridized carbons (Fsp3) is 0.462. The minimum absolute atomic E-state index is 0.0409. The summed E-state index contributed by atoms with van der Waals surface area (Å²) in [6.45, 7) is 8.91. The van der Waals surface area contributed by atoms with Gasteiger partial charge >= 0.3 is 5.97 Å². The van der Waals surface area contributed by atoms with Crippen molar-refractivity contribution in [1.82, 2.24) is 15.2 Å². The lowest BCUT2D eigenvalue weighted by Crippen LogP contribution is -2.40. The van der Waals surface area contributed by atoms with Crippen LogP contribution in [0.5, 0.6) is 5.88 Å². The first kappa shape index (κ1) is 25.8. The van der Waals surface area contributed by atoms with Crippen LogP contribution in [0, 0.1) is 0 Å². The van der Waals surface area contributed by atoms with Gasteiger partial charge in [-0.05, 0) is 62.8 Å². The lowest BCUT2D eigenvalue weighted by molar-refractivity contribution is -0.137. The molecule has 0 bridgehead atoms. The van der Waals surface area contributed by atoms with Crippen LogP contribution in [-0.4, -0.2) is 39.7 Å². The van der Waals surface area contributed by atoms with Crippen LogP contribution in [-0.2, 0) is 17.9 Å². The second-order valence-corrected chi connectivity index (χ2v) is 9.84. The van der Waals surface area contributed by atoms with E-state index in [-0.39, 0.29) is 12.3 Å². The number of carboxylic acid groups (broad SMARTS) is 1. The zero-order valence-corrected chi connectivity index (χ0v) is 20.9. The van der Waals surface area contributed by atoms with E-state index in [1.807, 2.05) is 37.3 Å². The first-order valence-corrected chi connectivity index (χ1v) is 12.1. The van der Waals surface area contributed by atoms with Crippen molar-refractivity contribution in [3.8, 4) is 5.88 Å². The van der Waals surface area contributed by atoms with E-state index >= 15 is 0 Å². The van der Waals surface area contributed by atoms with Gasteiger partial charge in [-0.2, -0.15) is 0 Å². The highest BCUT2D eigenvalue weighted by atomic mass is 35.5. The molecular formula is C26H35ClN4O3. The molecule has 184 valence electrons. The number of nitrogens with zero attached hydrogens (tertiary/aromatic N) is 2. The Morgan fingerprint density at radius 1 is 1.41 bits per heavy atom. The number of hydrogen-bond donors (Lipinski definition) is 3. The molecule has 1 aromatic heterocycles. The maximum absolute atomic E-state index is 11.6. The van der Waals surface area contributed by atoms with Gasteiger partial charge in [0.2, 0.25) is 5.88 Å². The summed E-state index contributed by atoms with van der Waals surface area (Å²) in [5, 5.41) is 13.3. The standard InChI is InChI=1S/C26H35ClN4O3/c1-4-29-14-22(28)9-7-19(13-24(32)33)18-8-10-23(27)21(12-18)16-31-15-20-6-5-11-30-25(20)34-26(2,3)17-31/h5-6,8,10-12,14,19,29H,4,7,9,13,15-17,28H2,1-3H3,(H,32,33)/b22-14-. The smallest absolute Gasteiger partial charge is 0.303 e. The molecule has 0 spiro atoms. The quantitative estimate of drug-likeness (QED) is 0.449. The number of pyridine rings is 1. The molecule has 1 aromatic carbocycles.